The number of H-pyrrole nitrogens is 1. The highest BCUT2D eigenvalue weighted by molar-refractivity contribution is 5.70. The monoisotopic (exact) mass is 336 g/mol. The molecule has 1 aromatic heterocycles. The normalized spacial score (nSPS) is 23.0. The lowest BCUT2D eigenvalue weighted by atomic mass is 9.94. The molecule has 1 aliphatic carbocycles. The Labute approximate surface area is 137 Å². The summed E-state index contributed by atoms with van der Waals surface area (Å²) in [7, 11) is 0. The molecular weight excluding hydrogens is 316 g/mol. The van der Waals surface area contributed by atoms with Crippen LogP contribution in [0.1, 0.15) is 31.0 Å². The van der Waals surface area contributed by atoms with E-state index in [9.17, 15) is 19.7 Å². The van der Waals surface area contributed by atoms with Gasteiger partial charge in [0.05, 0.1) is 4.92 Å². The van der Waals surface area contributed by atoms with E-state index in [-0.39, 0.29) is 12.0 Å². The Morgan fingerprint density at radius 1 is 1.42 bits per heavy atom. The molecule has 3 N–H and O–H groups in total. The predicted molar refractivity (Wildman–Crippen MR) is 86.7 cm³/mol. The van der Waals surface area contributed by atoms with Crippen molar-refractivity contribution in [3.05, 3.63) is 31.7 Å². The van der Waals surface area contributed by atoms with Crippen molar-refractivity contribution in [2.24, 2.45) is 5.92 Å². The quantitative estimate of drug-likeness (QED) is 0.563. The summed E-state index contributed by atoms with van der Waals surface area (Å²) in [5, 5.41) is 22.9. The smallest absolute Gasteiger partial charge is 0.404 e. The molecule has 2 unspecified atom stereocenters. The number of nitrogens with one attached hydrogen (secondary N) is 2. The molecule has 0 spiro atoms. The Balaban J connectivity index is 2.06. The van der Waals surface area contributed by atoms with Crippen LogP contribution in [0.15, 0.2) is 4.79 Å². The number of aromatic amines is 1. The second-order valence-electron chi connectivity index (χ2n) is 6.61. The topological polar surface area (TPSA) is 129 Å². The van der Waals surface area contributed by atoms with E-state index < -0.39 is 22.3 Å². The zero-order chi connectivity index (χ0) is 17.4. The standard InChI is InChI=1S/C15H20N4O5/c1-8-5-9(16-15(21)22)7-18(6-8)12-10-3-2-4-11(10)17-14(20)13(12)19(23)24/h8-9,16H,2-7H2,1H3,(H,17,20)(H,21,22). The third-order valence-electron chi connectivity index (χ3n) is 4.69. The highest BCUT2D eigenvalue weighted by Crippen LogP contribution is 2.37. The first-order valence-electron chi connectivity index (χ1n) is 8.03. The van der Waals surface area contributed by atoms with Gasteiger partial charge in [0.1, 0.15) is 5.69 Å². The Bertz CT molecular complexity index is 744. The van der Waals surface area contributed by atoms with E-state index in [0.29, 0.717) is 38.0 Å². The lowest BCUT2D eigenvalue weighted by Crippen LogP contribution is -2.50. The van der Waals surface area contributed by atoms with Gasteiger partial charge in [0.25, 0.3) is 0 Å². The molecule has 9 heteroatoms. The Morgan fingerprint density at radius 2 is 2.17 bits per heavy atom. The number of amides is 1. The zero-order valence-corrected chi connectivity index (χ0v) is 13.4. The van der Waals surface area contributed by atoms with Gasteiger partial charge >= 0.3 is 17.3 Å². The van der Waals surface area contributed by atoms with E-state index in [1.165, 1.54) is 0 Å². The van der Waals surface area contributed by atoms with Gasteiger partial charge in [-0.1, -0.05) is 6.92 Å². The number of fused-ring (bicyclic) bond motifs is 1. The number of aromatic nitrogens is 1. The van der Waals surface area contributed by atoms with Crippen LogP contribution in [0.25, 0.3) is 0 Å². The lowest BCUT2D eigenvalue weighted by molar-refractivity contribution is -0.385. The molecule has 0 bridgehead atoms. The lowest BCUT2D eigenvalue weighted by Gasteiger charge is -2.38. The fourth-order valence-electron chi connectivity index (χ4n) is 3.91. The molecular formula is C15H20N4O5. The first-order chi connectivity index (χ1) is 11.4. The van der Waals surface area contributed by atoms with Gasteiger partial charge in [-0.05, 0) is 31.6 Å². The first-order valence-corrected chi connectivity index (χ1v) is 8.03. The molecule has 1 aliphatic heterocycles. The molecule has 24 heavy (non-hydrogen) atoms. The Morgan fingerprint density at radius 3 is 2.83 bits per heavy atom. The molecule has 1 aromatic rings. The minimum absolute atomic E-state index is 0.159. The van der Waals surface area contributed by atoms with Crippen molar-refractivity contribution in [2.45, 2.75) is 38.6 Å². The minimum atomic E-state index is -1.11. The van der Waals surface area contributed by atoms with E-state index in [1.54, 1.807) is 0 Å². The van der Waals surface area contributed by atoms with Gasteiger partial charge in [-0.25, -0.2) is 4.79 Å². The largest absolute Gasteiger partial charge is 0.465 e. The number of nitro groups is 1. The summed E-state index contributed by atoms with van der Waals surface area (Å²) in [5.74, 6) is 0.159. The first kappa shape index (κ1) is 16.3. The Hall–Kier alpha value is -2.58. The summed E-state index contributed by atoms with van der Waals surface area (Å²) in [6, 6.07) is -0.317. The predicted octanol–water partition coefficient (Wildman–Crippen LogP) is 1.25. The van der Waals surface area contributed by atoms with Gasteiger partial charge in [0, 0.05) is 30.4 Å². The van der Waals surface area contributed by atoms with Gasteiger partial charge in [0.2, 0.25) is 0 Å². The maximum Gasteiger partial charge on any atom is 0.404 e. The van der Waals surface area contributed by atoms with Crippen LogP contribution >= 0.6 is 0 Å². The van der Waals surface area contributed by atoms with Crippen molar-refractivity contribution in [1.82, 2.24) is 10.3 Å². The number of aryl methyl sites for hydroxylation is 1. The highest BCUT2D eigenvalue weighted by atomic mass is 16.6. The molecule has 1 amide bonds. The molecule has 9 nitrogen and oxygen atoms in total. The number of nitrogens with zero attached hydrogens (tertiary/aromatic N) is 2. The van der Waals surface area contributed by atoms with Crippen molar-refractivity contribution in [2.75, 3.05) is 18.0 Å². The number of carboxylic acid groups (broad SMARTS) is 1. The summed E-state index contributed by atoms with van der Waals surface area (Å²) in [4.78, 5) is 38.4. The van der Waals surface area contributed by atoms with Crippen LogP contribution in [-0.4, -0.2) is 40.2 Å². The van der Waals surface area contributed by atoms with Crippen molar-refractivity contribution in [3.8, 4) is 0 Å². The van der Waals surface area contributed by atoms with Gasteiger partial charge in [-0.2, -0.15) is 0 Å². The van der Waals surface area contributed by atoms with Crippen LogP contribution in [0.4, 0.5) is 16.2 Å². The second-order valence-corrected chi connectivity index (χ2v) is 6.61. The minimum Gasteiger partial charge on any atom is -0.465 e. The van der Waals surface area contributed by atoms with Crippen molar-refractivity contribution in [3.63, 3.8) is 0 Å². The third kappa shape index (κ3) is 2.93. The van der Waals surface area contributed by atoms with E-state index in [1.807, 2.05) is 11.8 Å². The zero-order valence-electron chi connectivity index (χ0n) is 13.4. The number of carbonyl (C=O) groups is 1. The van der Waals surface area contributed by atoms with Crippen molar-refractivity contribution < 1.29 is 14.8 Å². The number of piperidine rings is 1. The summed E-state index contributed by atoms with van der Waals surface area (Å²) >= 11 is 0. The second kappa shape index (κ2) is 6.14. The summed E-state index contributed by atoms with van der Waals surface area (Å²) in [6.07, 6.45) is 1.79. The number of anilines is 1. The van der Waals surface area contributed by atoms with Crippen LogP contribution < -0.4 is 15.8 Å². The van der Waals surface area contributed by atoms with Crippen LogP contribution in [-0.2, 0) is 12.8 Å². The maximum atomic E-state index is 12.2. The van der Waals surface area contributed by atoms with E-state index >= 15 is 0 Å². The van der Waals surface area contributed by atoms with Crippen LogP contribution in [0, 0.1) is 16.0 Å². The molecule has 2 aliphatic rings. The Kier molecular flexibility index (Phi) is 4.16. The molecule has 0 saturated carbocycles. The third-order valence-corrected chi connectivity index (χ3v) is 4.69. The SMILES string of the molecule is CC1CC(NC(=O)O)CN(c2c3c([nH]c(=O)c2[N+](=O)[O-])CCC3)C1. The number of rotatable bonds is 3. The van der Waals surface area contributed by atoms with Crippen LogP contribution in [0.5, 0.6) is 0 Å². The van der Waals surface area contributed by atoms with Gasteiger partial charge in [-0.15, -0.1) is 0 Å². The van der Waals surface area contributed by atoms with Gasteiger partial charge < -0.3 is 20.3 Å². The van der Waals surface area contributed by atoms with Gasteiger partial charge in [0.15, 0.2) is 0 Å². The average Bonchev–Trinajstić information content (AvgIpc) is 2.91. The van der Waals surface area contributed by atoms with Gasteiger partial charge in [-0.3, -0.25) is 14.9 Å². The summed E-state index contributed by atoms with van der Waals surface area (Å²) < 4.78 is 0. The number of hydrogen-bond donors (Lipinski definition) is 3. The summed E-state index contributed by atoms with van der Waals surface area (Å²) in [5.41, 5.74) is 0.849. The van der Waals surface area contributed by atoms with Crippen LogP contribution in [0.3, 0.4) is 0 Å². The maximum absolute atomic E-state index is 12.2. The van der Waals surface area contributed by atoms with Crippen molar-refractivity contribution >= 4 is 17.5 Å². The molecule has 1 saturated heterocycles. The molecule has 0 radical (unpaired) electrons. The van der Waals surface area contributed by atoms with Crippen LogP contribution in [0.2, 0.25) is 0 Å². The fourth-order valence-corrected chi connectivity index (χ4v) is 3.91. The molecule has 2 atom stereocenters. The molecule has 130 valence electrons. The van der Waals surface area contributed by atoms with Crippen molar-refractivity contribution in [1.29, 1.82) is 0 Å². The summed E-state index contributed by atoms with van der Waals surface area (Å²) in [6.45, 7) is 2.86. The number of pyridine rings is 1. The highest BCUT2D eigenvalue weighted by Gasteiger charge is 2.35. The average molecular weight is 336 g/mol. The molecule has 1 fully saturated rings. The van der Waals surface area contributed by atoms with E-state index in [4.69, 9.17) is 5.11 Å². The fraction of sp³-hybridized carbons (Fsp3) is 0.600. The molecule has 2 heterocycles. The number of hydrogen-bond acceptors (Lipinski definition) is 5. The molecule has 3 rings (SSSR count). The van der Waals surface area contributed by atoms with E-state index in [2.05, 4.69) is 10.3 Å². The van der Waals surface area contributed by atoms with E-state index in [0.717, 1.165) is 17.7 Å². The molecule has 0 aromatic carbocycles.